The molecule has 0 fully saturated rings. The topological polar surface area (TPSA) is 50.2 Å². The number of hydrogen-bond donors (Lipinski definition) is 1. The summed E-state index contributed by atoms with van der Waals surface area (Å²) in [6, 6.07) is 3.39. The second-order valence-corrected chi connectivity index (χ2v) is 3.52. The van der Waals surface area contributed by atoms with Gasteiger partial charge in [-0.2, -0.15) is 11.3 Å². The van der Waals surface area contributed by atoms with E-state index < -0.39 is 5.97 Å². The summed E-state index contributed by atoms with van der Waals surface area (Å²) < 4.78 is 0. The van der Waals surface area contributed by atoms with Gasteiger partial charge in [-0.05, 0) is 28.5 Å². The first-order valence-corrected chi connectivity index (χ1v) is 4.93. The van der Waals surface area contributed by atoms with Crippen molar-refractivity contribution in [3.8, 4) is 11.1 Å². The molecule has 0 aliphatic heterocycles. The van der Waals surface area contributed by atoms with Crippen molar-refractivity contribution in [3.63, 3.8) is 0 Å². The maximum Gasteiger partial charge on any atom is 0.336 e. The summed E-state index contributed by atoms with van der Waals surface area (Å²) >= 11 is 1.53. The Kier molecular flexibility index (Phi) is 2.28. The predicted octanol–water partition coefficient (Wildman–Crippen LogP) is 2.51. The van der Waals surface area contributed by atoms with E-state index in [0.717, 1.165) is 5.56 Å². The highest BCUT2D eigenvalue weighted by atomic mass is 32.1. The summed E-state index contributed by atoms with van der Waals surface area (Å²) in [6.07, 6.45) is 3.06. The Morgan fingerprint density at radius 1 is 1.43 bits per heavy atom. The van der Waals surface area contributed by atoms with Gasteiger partial charge in [0.1, 0.15) is 0 Å². The van der Waals surface area contributed by atoms with Gasteiger partial charge < -0.3 is 5.11 Å². The van der Waals surface area contributed by atoms with E-state index in [-0.39, 0.29) is 0 Å². The van der Waals surface area contributed by atoms with Gasteiger partial charge in [-0.15, -0.1) is 0 Å². The largest absolute Gasteiger partial charge is 0.478 e. The van der Waals surface area contributed by atoms with Crippen LogP contribution >= 0.6 is 11.3 Å². The van der Waals surface area contributed by atoms with E-state index in [1.807, 2.05) is 16.8 Å². The second kappa shape index (κ2) is 3.59. The van der Waals surface area contributed by atoms with Crippen LogP contribution in [-0.4, -0.2) is 16.1 Å². The normalized spacial score (nSPS) is 10.0. The van der Waals surface area contributed by atoms with Crippen LogP contribution in [0, 0.1) is 0 Å². The molecular weight excluding hydrogens is 198 g/mol. The molecule has 2 rings (SSSR count). The van der Waals surface area contributed by atoms with Crippen LogP contribution < -0.4 is 0 Å². The first-order valence-electron chi connectivity index (χ1n) is 3.99. The molecule has 14 heavy (non-hydrogen) atoms. The van der Waals surface area contributed by atoms with Gasteiger partial charge in [-0.25, -0.2) is 4.79 Å². The minimum absolute atomic E-state index is 0.290. The number of hydrogen-bond acceptors (Lipinski definition) is 3. The molecule has 1 N–H and O–H groups in total. The molecular formula is C10H7NO2S. The zero-order valence-electron chi connectivity index (χ0n) is 7.18. The van der Waals surface area contributed by atoms with Gasteiger partial charge >= 0.3 is 5.97 Å². The van der Waals surface area contributed by atoms with Crippen molar-refractivity contribution in [1.82, 2.24) is 4.98 Å². The van der Waals surface area contributed by atoms with Crippen LogP contribution in [-0.2, 0) is 0 Å². The third-order valence-electron chi connectivity index (χ3n) is 1.88. The lowest BCUT2D eigenvalue weighted by atomic mass is 10.1. The summed E-state index contributed by atoms with van der Waals surface area (Å²) in [5, 5.41) is 12.8. The van der Waals surface area contributed by atoms with E-state index in [2.05, 4.69) is 4.98 Å². The molecule has 2 aromatic rings. The molecule has 3 nitrogen and oxygen atoms in total. The lowest BCUT2D eigenvalue weighted by molar-refractivity contribution is 0.0697. The first kappa shape index (κ1) is 8.90. The molecule has 0 radical (unpaired) electrons. The Hall–Kier alpha value is -1.68. The highest BCUT2D eigenvalue weighted by Crippen LogP contribution is 2.24. The Morgan fingerprint density at radius 2 is 2.29 bits per heavy atom. The first-order chi connectivity index (χ1) is 6.79. The van der Waals surface area contributed by atoms with Crippen molar-refractivity contribution in [2.45, 2.75) is 0 Å². The molecule has 0 aliphatic rings. The average molecular weight is 205 g/mol. The van der Waals surface area contributed by atoms with Crippen molar-refractivity contribution >= 4 is 17.3 Å². The van der Waals surface area contributed by atoms with Gasteiger partial charge in [0, 0.05) is 18.0 Å². The summed E-state index contributed by atoms with van der Waals surface area (Å²) in [6.45, 7) is 0. The van der Waals surface area contributed by atoms with Gasteiger partial charge in [0.25, 0.3) is 0 Å². The van der Waals surface area contributed by atoms with E-state index in [1.165, 1.54) is 23.6 Å². The second-order valence-electron chi connectivity index (χ2n) is 2.74. The van der Waals surface area contributed by atoms with Crippen LogP contribution in [0.1, 0.15) is 10.4 Å². The molecule has 0 aromatic carbocycles. The SMILES string of the molecule is O=C(O)c1ccncc1-c1ccsc1. The maximum atomic E-state index is 10.9. The number of aromatic nitrogens is 1. The molecule has 0 saturated carbocycles. The standard InChI is InChI=1S/C10H7NO2S/c12-10(13)8-1-3-11-5-9(8)7-2-4-14-6-7/h1-6H,(H,12,13). The number of pyridine rings is 1. The van der Waals surface area contributed by atoms with Gasteiger partial charge in [-0.1, -0.05) is 0 Å². The van der Waals surface area contributed by atoms with Crippen LogP contribution in [0.4, 0.5) is 0 Å². The van der Waals surface area contributed by atoms with Gasteiger partial charge in [0.2, 0.25) is 0 Å². The molecule has 0 saturated heterocycles. The van der Waals surface area contributed by atoms with Crippen LogP contribution in [0.2, 0.25) is 0 Å². The number of rotatable bonds is 2. The minimum Gasteiger partial charge on any atom is -0.478 e. The van der Waals surface area contributed by atoms with E-state index >= 15 is 0 Å². The fourth-order valence-electron chi connectivity index (χ4n) is 1.23. The molecule has 2 aromatic heterocycles. The maximum absolute atomic E-state index is 10.9. The third-order valence-corrected chi connectivity index (χ3v) is 2.57. The predicted molar refractivity (Wildman–Crippen MR) is 54.5 cm³/mol. The fourth-order valence-corrected chi connectivity index (χ4v) is 1.88. The van der Waals surface area contributed by atoms with Crippen LogP contribution in [0.3, 0.4) is 0 Å². The quantitative estimate of drug-likeness (QED) is 0.819. The molecule has 0 unspecified atom stereocenters. The van der Waals surface area contributed by atoms with Crippen molar-refractivity contribution in [2.75, 3.05) is 0 Å². The number of nitrogens with zero attached hydrogens (tertiary/aromatic N) is 1. The number of thiophene rings is 1. The monoisotopic (exact) mass is 205 g/mol. The molecule has 0 spiro atoms. The molecule has 2 heterocycles. The molecule has 4 heteroatoms. The Bertz CT molecular complexity index is 451. The Morgan fingerprint density at radius 3 is 2.93 bits per heavy atom. The summed E-state index contributed by atoms with van der Waals surface area (Å²) in [7, 11) is 0. The Balaban J connectivity index is 2.58. The average Bonchev–Trinajstić information content (AvgIpc) is 2.70. The van der Waals surface area contributed by atoms with Gasteiger partial charge in [0.05, 0.1) is 5.56 Å². The summed E-state index contributed by atoms with van der Waals surface area (Å²) in [5.41, 5.74) is 1.86. The van der Waals surface area contributed by atoms with Crippen LogP contribution in [0.25, 0.3) is 11.1 Å². The lowest BCUT2D eigenvalue weighted by Gasteiger charge is -2.01. The molecule has 70 valence electrons. The molecule has 0 aliphatic carbocycles. The third kappa shape index (κ3) is 1.52. The summed E-state index contributed by atoms with van der Waals surface area (Å²) in [5.74, 6) is -0.923. The van der Waals surface area contributed by atoms with E-state index in [9.17, 15) is 4.79 Å². The highest BCUT2D eigenvalue weighted by molar-refractivity contribution is 7.08. The van der Waals surface area contributed by atoms with Crippen molar-refractivity contribution in [1.29, 1.82) is 0 Å². The smallest absolute Gasteiger partial charge is 0.336 e. The van der Waals surface area contributed by atoms with E-state index in [0.29, 0.717) is 11.1 Å². The van der Waals surface area contributed by atoms with E-state index in [1.54, 1.807) is 6.20 Å². The van der Waals surface area contributed by atoms with Gasteiger partial charge in [-0.3, -0.25) is 4.98 Å². The molecule has 0 atom stereocenters. The molecule has 0 bridgehead atoms. The molecule has 0 amide bonds. The van der Waals surface area contributed by atoms with Crippen molar-refractivity contribution in [2.24, 2.45) is 0 Å². The van der Waals surface area contributed by atoms with Crippen molar-refractivity contribution in [3.05, 3.63) is 40.8 Å². The van der Waals surface area contributed by atoms with Gasteiger partial charge in [0.15, 0.2) is 0 Å². The van der Waals surface area contributed by atoms with E-state index in [4.69, 9.17) is 5.11 Å². The van der Waals surface area contributed by atoms with Crippen LogP contribution in [0.5, 0.6) is 0 Å². The number of carbonyl (C=O) groups is 1. The fraction of sp³-hybridized carbons (Fsp3) is 0. The van der Waals surface area contributed by atoms with Crippen LogP contribution in [0.15, 0.2) is 35.3 Å². The minimum atomic E-state index is -0.923. The summed E-state index contributed by atoms with van der Waals surface area (Å²) in [4.78, 5) is 14.8. The van der Waals surface area contributed by atoms with Crippen molar-refractivity contribution < 1.29 is 9.90 Å². The highest BCUT2D eigenvalue weighted by Gasteiger charge is 2.10. The number of aromatic carboxylic acids is 1. The zero-order valence-corrected chi connectivity index (χ0v) is 7.99. The number of carboxylic acid groups (broad SMARTS) is 1. The Labute approximate surface area is 84.7 Å². The lowest BCUT2D eigenvalue weighted by Crippen LogP contribution is -1.99. The number of carboxylic acids is 1. The zero-order chi connectivity index (χ0) is 9.97.